The summed E-state index contributed by atoms with van der Waals surface area (Å²) in [6, 6.07) is 19.8. The summed E-state index contributed by atoms with van der Waals surface area (Å²) in [5, 5.41) is 31.6. The Morgan fingerprint density at radius 3 is 2.67 bits per heavy atom. The van der Waals surface area contributed by atoms with E-state index in [0.29, 0.717) is 59.5 Å². The molecule has 2 heterocycles. The number of anilines is 1. The third-order valence-electron chi connectivity index (χ3n) is 7.30. The molecule has 4 N–H and O–H groups in total. The molecule has 11 nitrogen and oxygen atoms in total. The average Bonchev–Trinajstić information content (AvgIpc) is 3.38. The molecule has 0 fully saturated rings. The summed E-state index contributed by atoms with van der Waals surface area (Å²) >= 11 is 0. The van der Waals surface area contributed by atoms with Gasteiger partial charge in [-0.05, 0) is 44.9 Å². The first-order valence-corrected chi connectivity index (χ1v) is 14.0. The number of aryl methyl sites for hydroxylation is 2. The number of carbonyl (C=O) groups excluding carboxylic acids is 1. The number of carboxylic acid groups (broad SMARTS) is 1. The molecule has 1 atom stereocenters. The SMILES string of the molecule is Cc1nc(-c2ccccc2C(=O)O)nn1CCC(C)(C)NCC(O)c1cc(OCc2ccccc2)cc2c1OCC(=O)N2. The number of benzene rings is 3. The van der Waals surface area contributed by atoms with Gasteiger partial charge in [0.25, 0.3) is 5.91 Å². The zero-order valence-electron chi connectivity index (χ0n) is 24.3. The van der Waals surface area contributed by atoms with Crippen molar-refractivity contribution in [3.8, 4) is 22.9 Å². The number of aliphatic hydroxyl groups is 1. The van der Waals surface area contributed by atoms with E-state index in [1.165, 1.54) is 6.07 Å². The first-order chi connectivity index (χ1) is 20.6. The molecule has 43 heavy (non-hydrogen) atoms. The van der Waals surface area contributed by atoms with Crippen LogP contribution < -0.4 is 20.1 Å². The molecule has 11 heteroatoms. The van der Waals surface area contributed by atoms with Crippen LogP contribution in [-0.2, 0) is 17.9 Å². The molecule has 1 aromatic heterocycles. The van der Waals surface area contributed by atoms with E-state index < -0.39 is 17.6 Å². The number of carboxylic acids is 1. The van der Waals surface area contributed by atoms with Gasteiger partial charge in [0.2, 0.25) is 0 Å². The van der Waals surface area contributed by atoms with Crippen molar-refractivity contribution in [3.63, 3.8) is 0 Å². The van der Waals surface area contributed by atoms with Gasteiger partial charge in [0, 0.05) is 35.8 Å². The molecular formula is C32H35N5O6. The molecular weight excluding hydrogens is 550 g/mol. The third kappa shape index (κ3) is 7.19. The Kier molecular flexibility index (Phi) is 8.74. The Morgan fingerprint density at radius 2 is 1.91 bits per heavy atom. The van der Waals surface area contributed by atoms with Gasteiger partial charge in [0.15, 0.2) is 12.4 Å². The molecule has 0 saturated carbocycles. The zero-order chi connectivity index (χ0) is 30.6. The van der Waals surface area contributed by atoms with Crippen molar-refractivity contribution in [3.05, 3.63) is 89.2 Å². The summed E-state index contributed by atoms with van der Waals surface area (Å²) < 4.78 is 13.5. The van der Waals surface area contributed by atoms with Crippen LogP contribution >= 0.6 is 0 Å². The van der Waals surface area contributed by atoms with Crippen molar-refractivity contribution >= 4 is 17.6 Å². The molecule has 224 valence electrons. The van der Waals surface area contributed by atoms with E-state index in [4.69, 9.17) is 9.47 Å². The third-order valence-corrected chi connectivity index (χ3v) is 7.30. The number of hydrogen-bond donors (Lipinski definition) is 4. The Hall–Kier alpha value is -4.74. The second-order valence-corrected chi connectivity index (χ2v) is 11.1. The van der Waals surface area contributed by atoms with Gasteiger partial charge in [0.05, 0.1) is 17.4 Å². The molecule has 1 unspecified atom stereocenters. The van der Waals surface area contributed by atoms with Gasteiger partial charge in [-0.3, -0.25) is 4.79 Å². The average molecular weight is 586 g/mol. The van der Waals surface area contributed by atoms with Crippen LogP contribution in [0.5, 0.6) is 11.5 Å². The van der Waals surface area contributed by atoms with E-state index in [0.717, 1.165) is 5.56 Å². The van der Waals surface area contributed by atoms with Crippen molar-refractivity contribution in [1.82, 2.24) is 20.1 Å². The van der Waals surface area contributed by atoms with Crippen molar-refractivity contribution in [1.29, 1.82) is 0 Å². The standard InChI is InChI=1S/C32H35N5O6/c1-20-34-30(23-11-7-8-12-24(23)31(40)41)36-37(20)14-13-32(2,3)33-17-27(38)25-15-22(42-18-21-9-5-4-6-10-21)16-26-29(25)43-19-28(39)35-26/h4-12,15-16,27,33,38H,13-14,17-19H2,1-3H3,(H,35,39)(H,40,41). The van der Waals surface area contributed by atoms with Crippen LogP contribution in [0.3, 0.4) is 0 Å². The second-order valence-electron chi connectivity index (χ2n) is 11.1. The summed E-state index contributed by atoms with van der Waals surface area (Å²) in [6.45, 7) is 6.83. The summed E-state index contributed by atoms with van der Waals surface area (Å²) in [5.74, 6) is 0.656. The molecule has 0 spiro atoms. The maximum Gasteiger partial charge on any atom is 0.336 e. The molecule has 5 rings (SSSR count). The lowest BCUT2D eigenvalue weighted by molar-refractivity contribution is -0.118. The molecule has 0 aliphatic carbocycles. The van der Waals surface area contributed by atoms with Gasteiger partial charge in [-0.25, -0.2) is 14.5 Å². The fourth-order valence-corrected chi connectivity index (χ4v) is 4.84. The molecule has 0 saturated heterocycles. The van der Waals surface area contributed by atoms with Crippen molar-refractivity contribution in [2.75, 3.05) is 18.5 Å². The van der Waals surface area contributed by atoms with Crippen molar-refractivity contribution < 1.29 is 29.3 Å². The quantitative estimate of drug-likeness (QED) is 0.190. The number of fused-ring (bicyclic) bond motifs is 1. The van der Waals surface area contributed by atoms with E-state index in [1.54, 1.807) is 35.0 Å². The monoisotopic (exact) mass is 585 g/mol. The number of amides is 1. The van der Waals surface area contributed by atoms with Gasteiger partial charge in [-0.15, -0.1) is 0 Å². The highest BCUT2D eigenvalue weighted by Gasteiger charge is 2.27. The van der Waals surface area contributed by atoms with Crippen LogP contribution in [-0.4, -0.2) is 55.5 Å². The van der Waals surface area contributed by atoms with Gasteiger partial charge in [-0.2, -0.15) is 5.10 Å². The fraction of sp³-hybridized carbons (Fsp3) is 0.312. The lowest BCUT2D eigenvalue weighted by Gasteiger charge is -2.29. The largest absolute Gasteiger partial charge is 0.489 e. The topological polar surface area (TPSA) is 148 Å². The number of rotatable bonds is 12. The maximum atomic E-state index is 12.0. The molecule has 1 amide bonds. The smallest absolute Gasteiger partial charge is 0.336 e. The first kappa shape index (κ1) is 29.7. The van der Waals surface area contributed by atoms with E-state index in [1.807, 2.05) is 51.1 Å². The van der Waals surface area contributed by atoms with Crippen LogP contribution in [0.4, 0.5) is 5.69 Å². The fourth-order valence-electron chi connectivity index (χ4n) is 4.84. The highest BCUT2D eigenvalue weighted by Crippen LogP contribution is 2.39. The minimum absolute atomic E-state index is 0.133. The summed E-state index contributed by atoms with van der Waals surface area (Å²) in [6.07, 6.45) is -0.301. The summed E-state index contributed by atoms with van der Waals surface area (Å²) in [4.78, 5) is 28.2. The number of aromatic nitrogens is 3. The van der Waals surface area contributed by atoms with Crippen LogP contribution in [0.1, 0.15) is 53.7 Å². The number of β-amino-alcohol motifs (C(OH)–C–C–N with tert-alkyl or cyclic N) is 1. The van der Waals surface area contributed by atoms with Gasteiger partial charge < -0.3 is 30.3 Å². The van der Waals surface area contributed by atoms with E-state index in [2.05, 4.69) is 20.7 Å². The van der Waals surface area contributed by atoms with Crippen LogP contribution in [0.25, 0.3) is 11.4 Å². The maximum absolute atomic E-state index is 12.0. The summed E-state index contributed by atoms with van der Waals surface area (Å²) in [7, 11) is 0. The van der Waals surface area contributed by atoms with Crippen molar-refractivity contribution in [2.24, 2.45) is 0 Å². The van der Waals surface area contributed by atoms with Crippen LogP contribution in [0.15, 0.2) is 66.7 Å². The normalized spacial score (nSPS) is 13.5. The molecule has 0 radical (unpaired) electrons. The Morgan fingerprint density at radius 1 is 1.16 bits per heavy atom. The second kappa shape index (κ2) is 12.6. The molecule has 4 aromatic rings. The van der Waals surface area contributed by atoms with Crippen LogP contribution in [0.2, 0.25) is 0 Å². The Bertz CT molecular complexity index is 1620. The Balaban J connectivity index is 1.25. The van der Waals surface area contributed by atoms with E-state index in [9.17, 15) is 19.8 Å². The number of nitrogens with zero attached hydrogens (tertiary/aromatic N) is 3. The lowest BCUT2D eigenvalue weighted by Crippen LogP contribution is -2.42. The van der Waals surface area contributed by atoms with Gasteiger partial charge in [0.1, 0.15) is 23.9 Å². The van der Waals surface area contributed by atoms with Gasteiger partial charge >= 0.3 is 5.97 Å². The number of nitrogens with one attached hydrogen (secondary N) is 2. The number of hydrogen-bond acceptors (Lipinski definition) is 8. The highest BCUT2D eigenvalue weighted by molar-refractivity contribution is 5.96. The Labute approximate surface area is 249 Å². The molecule has 3 aromatic carbocycles. The lowest BCUT2D eigenvalue weighted by atomic mass is 9.99. The van der Waals surface area contributed by atoms with Crippen LogP contribution in [0, 0.1) is 6.92 Å². The van der Waals surface area contributed by atoms with Crippen molar-refractivity contribution in [2.45, 2.75) is 52.0 Å². The summed E-state index contributed by atoms with van der Waals surface area (Å²) in [5.41, 5.74) is 2.17. The number of carbonyl (C=O) groups is 2. The first-order valence-electron chi connectivity index (χ1n) is 14.0. The predicted octanol–water partition coefficient (Wildman–Crippen LogP) is 4.35. The van der Waals surface area contributed by atoms with E-state index >= 15 is 0 Å². The molecule has 0 bridgehead atoms. The number of ether oxygens (including phenoxy) is 2. The minimum atomic E-state index is -1.03. The molecule has 1 aliphatic rings. The molecule has 1 aliphatic heterocycles. The predicted molar refractivity (Wildman–Crippen MR) is 160 cm³/mol. The van der Waals surface area contributed by atoms with E-state index in [-0.39, 0.29) is 24.6 Å². The number of aliphatic hydroxyl groups excluding tert-OH is 1. The highest BCUT2D eigenvalue weighted by atomic mass is 16.5. The zero-order valence-corrected chi connectivity index (χ0v) is 24.3. The minimum Gasteiger partial charge on any atom is -0.489 e. The van der Waals surface area contributed by atoms with Gasteiger partial charge in [-0.1, -0.05) is 48.5 Å². The number of aromatic carboxylic acids is 1.